The Hall–Kier alpha value is -3.67. The van der Waals surface area contributed by atoms with Crippen LogP contribution >= 0.6 is 0 Å². The summed E-state index contributed by atoms with van der Waals surface area (Å²) in [5.74, 6) is 0.868. The molecule has 1 heterocycles. The SMILES string of the molecule is COc1ccc(OC)c(NC(=O)c2cccc3nc4ccccc4nc23)c1. The Morgan fingerprint density at radius 1 is 0.852 bits per heavy atom. The molecule has 0 saturated heterocycles. The van der Waals surface area contributed by atoms with Gasteiger partial charge in [-0.05, 0) is 36.4 Å². The summed E-state index contributed by atoms with van der Waals surface area (Å²) in [6.45, 7) is 0. The standard InChI is InChI=1S/C21H17N3O3/c1-26-13-10-11-19(27-2)18(12-13)24-21(25)14-6-5-9-17-20(14)23-16-8-4-3-7-15(16)22-17/h3-12H,1-2H3,(H,24,25). The zero-order valence-corrected chi connectivity index (χ0v) is 14.9. The van der Waals surface area contributed by atoms with Gasteiger partial charge in [0.15, 0.2) is 0 Å². The maximum atomic E-state index is 13.0. The van der Waals surface area contributed by atoms with Crippen molar-refractivity contribution >= 4 is 33.7 Å². The molecule has 0 atom stereocenters. The number of ether oxygens (including phenoxy) is 2. The predicted octanol–water partition coefficient (Wildman–Crippen LogP) is 4.05. The van der Waals surface area contributed by atoms with Gasteiger partial charge in [0.05, 0.1) is 42.0 Å². The van der Waals surface area contributed by atoms with E-state index in [1.165, 1.54) is 0 Å². The molecule has 0 radical (unpaired) electrons. The minimum atomic E-state index is -0.295. The second-order valence-electron chi connectivity index (χ2n) is 5.91. The van der Waals surface area contributed by atoms with Crippen molar-refractivity contribution in [1.29, 1.82) is 0 Å². The van der Waals surface area contributed by atoms with Gasteiger partial charge in [-0.2, -0.15) is 0 Å². The molecule has 6 heteroatoms. The molecule has 1 amide bonds. The van der Waals surface area contributed by atoms with Gasteiger partial charge in [-0.1, -0.05) is 18.2 Å². The van der Waals surface area contributed by atoms with E-state index in [9.17, 15) is 4.79 Å². The Balaban J connectivity index is 1.78. The summed E-state index contributed by atoms with van der Waals surface area (Å²) in [5.41, 5.74) is 3.71. The van der Waals surface area contributed by atoms with E-state index in [2.05, 4.69) is 15.3 Å². The van der Waals surface area contributed by atoms with E-state index in [0.29, 0.717) is 33.8 Å². The maximum absolute atomic E-state index is 13.0. The zero-order chi connectivity index (χ0) is 18.8. The summed E-state index contributed by atoms with van der Waals surface area (Å²) in [6, 6.07) is 18.2. The summed E-state index contributed by atoms with van der Waals surface area (Å²) in [7, 11) is 3.12. The van der Waals surface area contributed by atoms with Crippen LogP contribution in [0.4, 0.5) is 5.69 Å². The Bertz CT molecular complexity index is 1160. The van der Waals surface area contributed by atoms with Crippen molar-refractivity contribution in [3.05, 3.63) is 66.2 Å². The van der Waals surface area contributed by atoms with E-state index in [1.54, 1.807) is 44.6 Å². The van der Waals surface area contributed by atoms with Crippen molar-refractivity contribution in [3.8, 4) is 11.5 Å². The van der Waals surface area contributed by atoms with Crippen LogP contribution in [-0.2, 0) is 0 Å². The van der Waals surface area contributed by atoms with Crippen LogP contribution in [0.15, 0.2) is 60.7 Å². The third kappa shape index (κ3) is 3.13. The number of nitrogens with zero attached hydrogens (tertiary/aromatic N) is 2. The third-order valence-electron chi connectivity index (χ3n) is 4.27. The van der Waals surface area contributed by atoms with Gasteiger partial charge in [0.25, 0.3) is 5.91 Å². The highest BCUT2D eigenvalue weighted by Crippen LogP contribution is 2.30. The molecule has 1 aromatic heterocycles. The molecule has 0 saturated carbocycles. The molecule has 6 nitrogen and oxygen atoms in total. The lowest BCUT2D eigenvalue weighted by Gasteiger charge is -2.12. The minimum Gasteiger partial charge on any atom is -0.497 e. The van der Waals surface area contributed by atoms with Crippen molar-refractivity contribution in [3.63, 3.8) is 0 Å². The maximum Gasteiger partial charge on any atom is 0.258 e. The van der Waals surface area contributed by atoms with Gasteiger partial charge in [0.1, 0.15) is 17.0 Å². The van der Waals surface area contributed by atoms with Crippen LogP contribution in [0.2, 0.25) is 0 Å². The van der Waals surface area contributed by atoms with Crippen molar-refractivity contribution in [2.45, 2.75) is 0 Å². The summed E-state index contributed by atoms with van der Waals surface area (Å²) in [5, 5.41) is 2.88. The lowest BCUT2D eigenvalue weighted by molar-refractivity contribution is 0.102. The lowest BCUT2D eigenvalue weighted by Crippen LogP contribution is -2.14. The summed E-state index contributed by atoms with van der Waals surface area (Å²) < 4.78 is 10.6. The van der Waals surface area contributed by atoms with Crippen LogP contribution in [0.5, 0.6) is 11.5 Å². The van der Waals surface area contributed by atoms with E-state index in [0.717, 1.165) is 11.0 Å². The quantitative estimate of drug-likeness (QED) is 0.557. The minimum absolute atomic E-state index is 0.295. The molecule has 1 N–H and O–H groups in total. The number of methoxy groups -OCH3 is 2. The van der Waals surface area contributed by atoms with E-state index in [4.69, 9.17) is 9.47 Å². The van der Waals surface area contributed by atoms with E-state index in [1.807, 2.05) is 30.3 Å². The van der Waals surface area contributed by atoms with Gasteiger partial charge in [0.2, 0.25) is 0 Å². The highest BCUT2D eigenvalue weighted by atomic mass is 16.5. The predicted molar refractivity (Wildman–Crippen MR) is 105 cm³/mol. The van der Waals surface area contributed by atoms with Gasteiger partial charge < -0.3 is 14.8 Å². The molecule has 134 valence electrons. The summed E-state index contributed by atoms with van der Waals surface area (Å²) in [6.07, 6.45) is 0. The van der Waals surface area contributed by atoms with Gasteiger partial charge in [-0.15, -0.1) is 0 Å². The molecule has 27 heavy (non-hydrogen) atoms. The van der Waals surface area contributed by atoms with Crippen molar-refractivity contribution in [2.24, 2.45) is 0 Å². The largest absolute Gasteiger partial charge is 0.497 e. The Morgan fingerprint density at radius 3 is 2.33 bits per heavy atom. The molecule has 0 bridgehead atoms. The van der Waals surface area contributed by atoms with Crippen LogP contribution in [0.25, 0.3) is 22.1 Å². The number of nitrogens with one attached hydrogen (secondary N) is 1. The fourth-order valence-corrected chi connectivity index (χ4v) is 2.93. The molecule has 0 fully saturated rings. The first-order valence-electron chi connectivity index (χ1n) is 8.38. The van der Waals surface area contributed by atoms with Gasteiger partial charge in [-0.25, -0.2) is 9.97 Å². The highest BCUT2D eigenvalue weighted by Gasteiger charge is 2.15. The number of benzene rings is 3. The number of fused-ring (bicyclic) bond motifs is 2. The van der Waals surface area contributed by atoms with E-state index >= 15 is 0 Å². The first-order valence-corrected chi connectivity index (χ1v) is 8.38. The number of anilines is 1. The molecule has 0 unspecified atom stereocenters. The molecule has 4 aromatic rings. The fraction of sp³-hybridized carbons (Fsp3) is 0.0952. The number of rotatable bonds is 4. The molecular weight excluding hydrogens is 342 g/mol. The van der Waals surface area contributed by atoms with Gasteiger partial charge in [0, 0.05) is 6.07 Å². The van der Waals surface area contributed by atoms with Crippen LogP contribution < -0.4 is 14.8 Å². The second kappa shape index (κ2) is 6.92. The number of amides is 1. The number of hydrogen-bond donors (Lipinski definition) is 1. The highest BCUT2D eigenvalue weighted by molar-refractivity contribution is 6.12. The first-order chi connectivity index (χ1) is 13.2. The average Bonchev–Trinajstić information content (AvgIpc) is 2.71. The normalized spacial score (nSPS) is 10.7. The van der Waals surface area contributed by atoms with Crippen LogP contribution in [0, 0.1) is 0 Å². The Kier molecular flexibility index (Phi) is 4.30. The molecule has 0 aliphatic carbocycles. The fourth-order valence-electron chi connectivity index (χ4n) is 2.93. The average molecular weight is 359 g/mol. The first kappa shape index (κ1) is 16.8. The molecule has 4 rings (SSSR count). The Labute approximate surface area is 155 Å². The lowest BCUT2D eigenvalue weighted by atomic mass is 10.1. The van der Waals surface area contributed by atoms with Gasteiger partial charge in [-0.3, -0.25) is 4.79 Å². The van der Waals surface area contributed by atoms with Crippen LogP contribution in [0.3, 0.4) is 0 Å². The number of para-hydroxylation sites is 3. The van der Waals surface area contributed by atoms with Crippen molar-refractivity contribution < 1.29 is 14.3 Å². The summed E-state index contributed by atoms with van der Waals surface area (Å²) in [4.78, 5) is 22.2. The Morgan fingerprint density at radius 2 is 1.59 bits per heavy atom. The molecule has 0 aliphatic rings. The van der Waals surface area contributed by atoms with Crippen molar-refractivity contribution in [2.75, 3.05) is 19.5 Å². The van der Waals surface area contributed by atoms with Crippen LogP contribution in [0.1, 0.15) is 10.4 Å². The number of aromatic nitrogens is 2. The molecule has 3 aromatic carbocycles. The topological polar surface area (TPSA) is 73.3 Å². The third-order valence-corrected chi connectivity index (χ3v) is 4.27. The second-order valence-corrected chi connectivity index (χ2v) is 5.91. The van der Waals surface area contributed by atoms with E-state index in [-0.39, 0.29) is 5.91 Å². The number of carbonyl (C=O) groups excluding carboxylic acids is 1. The smallest absolute Gasteiger partial charge is 0.258 e. The van der Waals surface area contributed by atoms with Crippen molar-refractivity contribution in [1.82, 2.24) is 9.97 Å². The van der Waals surface area contributed by atoms with Gasteiger partial charge >= 0.3 is 0 Å². The molecule has 0 aliphatic heterocycles. The number of carbonyl (C=O) groups is 1. The molecular formula is C21H17N3O3. The van der Waals surface area contributed by atoms with Crippen LogP contribution in [-0.4, -0.2) is 30.1 Å². The number of hydrogen-bond acceptors (Lipinski definition) is 5. The summed E-state index contributed by atoms with van der Waals surface area (Å²) >= 11 is 0. The van der Waals surface area contributed by atoms with E-state index < -0.39 is 0 Å². The molecule has 0 spiro atoms. The zero-order valence-electron chi connectivity index (χ0n) is 14.9. The monoisotopic (exact) mass is 359 g/mol.